The van der Waals surface area contributed by atoms with Crippen molar-refractivity contribution >= 4 is 11.8 Å². The highest BCUT2D eigenvalue weighted by molar-refractivity contribution is 5.94. The number of ether oxygens (including phenoxy) is 2. The average molecular weight is 370 g/mol. The summed E-state index contributed by atoms with van der Waals surface area (Å²) in [5.41, 5.74) is 2.68. The van der Waals surface area contributed by atoms with Gasteiger partial charge in [-0.3, -0.25) is 9.59 Å². The molecule has 2 aromatic rings. The number of amides is 2. The number of hydrogen-bond acceptors (Lipinski definition) is 4. The molecule has 2 rings (SSSR count). The summed E-state index contributed by atoms with van der Waals surface area (Å²) in [6.07, 6.45) is 0. The lowest BCUT2D eigenvalue weighted by molar-refractivity contribution is -0.123. The van der Waals surface area contributed by atoms with E-state index in [2.05, 4.69) is 10.6 Å². The van der Waals surface area contributed by atoms with Crippen LogP contribution in [0, 0.1) is 13.8 Å². The second kappa shape index (κ2) is 10.2. The normalized spacial score (nSPS) is 10.2. The molecule has 0 saturated heterocycles. The maximum Gasteiger partial charge on any atom is 0.258 e. The highest BCUT2D eigenvalue weighted by atomic mass is 16.5. The largest absolute Gasteiger partial charge is 0.494 e. The van der Waals surface area contributed by atoms with Gasteiger partial charge in [0.15, 0.2) is 6.61 Å². The summed E-state index contributed by atoms with van der Waals surface area (Å²) < 4.78 is 10.9. The van der Waals surface area contributed by atoms with E-state index in [1.54, 1.807) is 24.3 Å². The maximum absolute atomic E-state index is 12.0. The van der Waals surface area contributed by atoms with E-state index >= 15 is 0 Å². The Labute approximate surface area is 159 Å². The molecule has 0 saturated carbocycles. The number of hydrogen-bond donors (Lipinski definition) is 2. The molecule has 2 aromatic carbocycles. The summed E-state index contributed by atoms with van der Waals surface area (Å²) >= 11 is 0. The zero-order valence-corrected chi connectivity index (χ0v) is 16.0. The SMILES string of the molecule is CCOc1ccc(C(=O)NCCNC(=O)COc2cccc(C)c2C)cc1. The molecule has 144 valence electrons. The highest BCUT2D eigenvalue weighted by Crippen LogP contribution is 2.20. The molecular formula is C21H26N2O4. The average Bonchev–Trinajstić information content (AvgIpc) is 2.67. The van der Waals surface area contributed by atoms with Crippen molar-refractivity contribution in [3.8, 4) is 11.5 Å². The van der Waals surface area contributed by atoms with Crippen molar-refractivity contribution in [2.24, 2.45) is 0 Å². The molecular weight excluding hydrogens is 344 g/mol. The van der Waals surface area contributed by atoms with Crippen molar-refractivity contribution < 1.29 is 19.1 Å². The number of rotatable bonds is 9. The van der Waals surface area contributed by atoms with Gasteiger partial charge in [0, 0.05) is 18.7 Å². The van der Waals surface area contributed by atoms with Gasteiger partial charge >= 0.3 is 0 Å². The molecule has 2 amide bonds. The first-order valence-corrected chi connectivity index (χ1v) is 8.98. The molecule has 0 aliphatic heterocycles. The first-order chi connectivity index (χ1) is 13.0. The van der Waals surface area contributed by atoms with Crippen LogP contribution in [0.5, 0.6) is 11.5 Å². The van der Waals surface area contributed by atoms with Gasteiger partial charge in [-0.25, -0.2) is 0 Å². The fourth-order valence-corrected chi connectivity index (χ4v) is 2.42. The molecule has 2 N–H and O–H groups in total. The van der Waals surface area contributed by atoms with Crippen molar-refractivity contribution in [1.29, 1.82) is 0 Å². The lowest BCUT2D eigenvalue weighted by Crippen LogP contribution is -2.36. The van der Waals surface area contributed by atoms with Crippen molar-refractivity contribution in [3.63, 3.8) is 0 Å². The number of carbonyl (C=O) groups excluding carboxylic acids is 2. The van der Waals surface area contributed by atoms with Crippen LogP contribution < -0.4 is 20.1 Å². The highest BCUT2D eigenvalue weighted by Gasteiger charge is 2.07. The molecule has 0 atom stereocenters. The minimum atomic E-state index is -0.230. The van der Waals surface area contributed by atoms with Crippen molar-refractivity contribution in [2.75, 3.05) is 26.3 Å². The molecule has 0 aromatic heterocycles. The summed E-state index contributed by atoms with van der Waals surface area (Å²) in [6.45, 7) is 7.05. The van der Waals surface area contributed by atoms with Crippen LogP contribution >= 0.6 is 0 Å². The zero-order valence-electron chi connectivity index (χ0n) is 16.0. The van der Waals surface area contributed by atoms with Gasteiger partial charge in [-0.1, -0.05) is 12.1 Å². The van der Waals surface area contributed by atoms with Crippen LogP contribution in [0.15, 0.2) is 42.5 Å². The Morgan fingerprint density at radius 2 is 1.63 bits per heavy atom. The third kappa shape index (κ3) is 6.33. The molecule has 6 heteroatoms. The van der Waals surface area contributed by atoms with Crippen molar-refractivity contribution in [3.05, 3.63) is 59.2 Å². The van der Waals surface area contributed by atoms with Crippen LogP contribution in [0.1, 0.15) is 28.4 Å². The van der Waals surface area contributed by atoms with E-state index in [0.29, 0.717) is 31.0 Å². The number of benzene rings is 2. The first-order valence-electron chi connectivity index (χ1n) is 8.98. The molecule has 0 heterocycles. The van der Waals surface area contributed by atoms with Crippen molar-refractivity contribution in [2.45, 2.75) is 20.8 Å². The van der Waals surface area contributed by atoms with Gasteiger partial charge in [0.1, 0.15) is 11.5 Å². The van der Waals surface area contributed by atoms with E-state index in [1.807, 2.05) is 39.0 Å². The predicted molar refractivity (Wildman–Crippen MR) is 104 cm³/mol. The van der Waals surface area contributed by atoms with E-state index in [-0.39, 0.29) is 18.4 Å². The Balaban J connectivity index is 1.67. The Hall–Kier alpha value is -3.02. The number of carbonyl (C=O) groups is 2. The Morgan fingerprint density at radius 1 is 0.926 bits per heavy atom. The van der Waals surface area contributed by atoms with Crippen LogP contribution in [0.3, 0.4) is 0 Å². The summed E-state index contributed by atoms with van der Waals surface area (Å²) in [5, 5.41) is 5.48. The Kier molecular flexibility index (Phi) is 7.67. The van der Waals surface area contributed by atoms with Gasteiger partial charge < -0.3 is 20.1 Å². The van der Waals surface area contributed by atoms with Crippen LogP contribution in [0.4, 0.5) is 0 Å². The third-order valence-corrected chi connectivity index (χ3v) is 4.07. The Morgan fingerprint density at radius 3 is 2.33 bits per heavy atom. The zero-order chi connectivity index (χ0) is 19.6. The maximum atomic E-state index is 12.0. The quantitative estimate of drug-likeness (QED) is 0.665. The fourth-order valence-electron chi connectivity index (χ4n) is 2.42. The Bertz CT molecular complexity index is 772. The second-order valence-electron chi connectivity index (χ2n) is 6.05. The molecule has 0 radical (unpaired) electrons. The van der Waals surface area contributed by atoms with Gasteiger partial charge in [0.05, 0.1) is 6.61 Å². The minimum absolute atomic E-state index is 0.0584. The van der Waals surface area contributed by atoms with Crippen LogP contribution in [-0.2, 0) is 4.79 Å². The van der Waals surface area contributed by atoms with Gasteiger partial charge in [-0.2, -0.15) is 0 Å². The van der Waals surface area contributed by atoms with Crippen LogP contribution in [-0.4, -0.2) is 38.1 Å². The van der Waals surface area contributed by atoms with Gasteiger partial charge in [0.2, 0.25) is 0 Å². The molecule has 0 aliphatic carbocycles. The van der Waals surface area contributed by atoms with Gasteiger partial charge in [0.25, 0.3) is 11.8 Å². The molecule has 0 fully saturated rings. The molecule has 0 unspecified atom stereocenters. The summed E-state index contributed by atoms with van der Waals surface area (Å²) in [7, 11) is 0. The van der Waals surface area contributed by atoms with Crippen LogP contribution in [0.25, 0.3) is 0 Å². The van der Waals surface area contributed by atoms with Crippen LogP contribution in [0.2, 0.25) is 0 Å². The molecule has 0 spiro atoms. The predicted octanol–water partition coefficient (Wildman–Crippen LogP) is 2.63. The number of aryl methyl sites for hydroxylation is 1. The topological polar surface area (TPSA) is 76.7 Å². The second-order valence-corrected chi connectivity index (χ2v) is 6.05. The van der Waals surface area contributed by atoms with Gasteiger partial charge in [-0.05, 0) is 62.2 Å². The smallest absolute Gasteiger partial charge is 0.258 e. The summed E-state index contributed by atoms with van der Waals surface area (Å²) in [6, 6.07) is 12.7. The standard InChI is InChI=1S/C21H26N2O4/c1-4-26-18-10-8-17(9-11-18)21(25)23-13-12-22-20(24)14-27-19-7-5-6-15(2)16(19)3/h5-11H,4,12-14H2,1-3H3,(H,22,24)(H,23,25). The van der Waals surface area contributed by atoms with E-state index in [9.17, 15) is 9.59 Å². The molecule has 0 aliphatic rings. The van der Waals surface area contributed by atoms with Gasteiger partial charge in [-0.15, -0.1) is 0 Å². The van der Waals surface area contributed by atoms with E-state index < -0.39 is 0 Å². The summed E-state index contributed by atoms with van der Waals surface area (Å²) in [5.74, 6) is 1.00. The number of nitrogens with one attached hydrogen (secondary N) is 2. The lowest BCUT2D eigenvalue weighted by Gasteiger charge is -2.11. The lowest BCUT2D eigenvalue weighted by atomic mass is 10.1. The third-order valence-electron chi connectivity index (χ3n) is 4.07. The molecule has 27 heavy (non-hydrogen) atoms. The van der Waals surface area contributed by atoms with Crippen molar-refractivity contribution in [1.82, 2.24) is 10.6 Å². The first kappa shape index (κ1) is 20.3. The van der Waals surface area contributed by atoms with E-state index in [4.69, 9.17) is 9.47 Å². The van der Waals surface area contributed by atoms with E-state index in [1.165, 1.54) is 0 Å². The monoisotopic (exact) mass is 370 g/mol. The fraction of sp³-hybridized carbons (Fsp3) is 0.333. The molecule has 0 bridgehead atoms. The molecule has 6 nitrogen and oxygen atoms in total. The van der Waals surface area contributed by atoms with E-state index in [0.717, 1.165) is 16.9 Å². The summed E-state index contributed by atoms with van der Waals surface area (Å²) in [4.78, 5) is 23.9. The minimum Gasteiger partial charge on any atom is -0.494 e.